The molecule has 2 rings (SSSR count). The highest BCUT2D eigenvalue weighted by atomic mass is 16.5. The van der Waals surface area contributed by atoms with Crippen LogP contribution in [0.5, 0.6) is 0 Å². The Hall–Kier alpha value is -0.870. The fourth-order valence-corrected chi connectivity index (χ4v) is 2.72. The van der Waals surface area contributed by atoms with Crippen LogP contribution in [-0.4, -0.2) is 29.0 Å². The Morgan fingerprint density at radius 3 is 2.72 bits per heavy atom. The summed E-state index contributed by atoms with van der Waals surface area (Å²) in [7, 11) is 1.84. The minimum Gasteiger partial charge on any atom is -0.378 e. The summed E-state index contributed by atoms with van der Waals surface area (Å²) in [5.74, 6) is 0. The van der Waals surface area contributed by atoms with E-state index in [1.54, 1.807) is 0 Å². The second-order valence-electron chi connectivity index (χ2n) is 5.18. The van der Waals surface area contributed by atoms with Crippen LogP contribution in [0.15, 0.2) is 12.4 Å². The second kappa shape index (κ2) is 5.85. The highest BCUT2D eigenvalue weighted by Crippen LogP contribution is 2.41. The summed E-state index contributed by atoms with van der Waals surface area (Å²) in [6.45, 7) is 6.16. The molecule has 1 saturated carbocycles. The molecule has 0 aliphatic heterocycles. The molecule has 0 saturated heterocycles. The zero-order valence-electron chi connectivity index (χ0n) is 11.8. The van der Waals surface area contributed by atoms with Gasteiger partial charge in [-0.1, -0.05) is 6.92 Å². The van der Waals surface area contributed by atoms with Gasteiger partial charge in [-0.05, 0) is 39.2 Å². The summed E-state index contributed by atoms with van der Waals surface area (Å²) in [5.41, 5.74) is 1.38. The summed E-state index contributed by atoms with van der Waals surface area (Å²) in [4.78, 5) is 0. The smallest absolute Gasteiger partial charge is 0.0697 e. The van der Waals surface area contributed by atoms with E-state index in [0.29, 0.717) is 6.04 Å². The lowest BCUT2D eigenvalue weighted by Gasteiger charge is -2.42. The average Bonchev–Trinajstić information content (AvgIpc) is 2.81. The molecule has 1 aliphatic carbocycles. The molecule has 1 aromatic heterocycles. The maximum absolute atomic E-state index is 5.74. The number of nitrogens with zero attached hydrogens (tertiary/aromatic N) is 2. The van der Waals surface area contributed by atoms with Gasteiger partial charge in [0.15, 0.2) is 0 Å². The third-order valence-electron chi connectivity index (χ3n) is 4.10. The molecule has 4 nitrogen and oxygen atoms in total. The van der Waals surface area contributed by atoms with Crippen LogP contribution in [-0.2, 0) is 11.3 Å². The van der Waals surface area contributed by atoms with E-state index >= 15 is 0 Å². The Labute approximate surface area is 110 Å². The van der Waals surface area contributed by atoms with Gasteiger partial charge >= 0.3 is 0 Å². The molecule has 1 N–H and O–H groups in total. The summed E-state index contributed by atoms with van der Waals surface area (Å²) in [6, 6.07) is 0.357. The quantitative estimate of drug-likeness (QED) is 0.809. The number of aryl methyl sites for hydroxylation is 1. The third-order valence-corrected chi connectivity index (χ3v) is 4.10. The van der Waals surface area contributed by atoms with Gasteiger partial charge in [0.05, 0.1) is 11.8 Å². The molecular weight excluding hydrogens is 226 g/mol. The van der Waals surface area contributed by atoms with Crippen molar-refractivity contribution in [3.63, 3.8) is 0 Å². The molecule has 0 bridgehead atoms. The monoisotopic (exact) mass is 251 g/mol. The first-order chi connectivity index (χ1) is 8.73. The molecule has 1 aromatic rings. The van der Waals surface area contributed by atoms with Crippen LogP contribution < -0.4 is 5.32 Å². The first-order valence-electron chi connectivity index (χ1n) is 7.04. The van der Waals surface area contributed by atoms with Gasteiger partial charge in [-0.2, -0.15) is 5.10 Å². The first-order valence-corrected chi connectivity index (χ1v) is 7.04. The van der Waals surface area contributed by atoms with E-state index in [1.807, 2.05) is 18.0 Å². The molecule has 0 aromatic carbocycles. The summed E-state index contributed by atoms with van der Waals surface area (Å²) < 4.78 is 7.72. The van der Waals surface area contributed by atoms with Crippen molar-refractivity contribution in [1.82, 2.24) is 15.1 Å². The fourth-order valence-electron chi connectivity index (χ4n) is 2.72. The molecule has 1 fully saturated rings. The molecule has 1 heterocycles. The fraction of sp³-hybridized carbons (Fsp3) is 0.786. The first kappa shape index (κ1) is 13.6. The SMILES string of the molecule is CCNC(CC1(OC)CCC1)c1cnn(CC)c1. The number of rotatable bonds is 7. The summed E-state index contributed by atoms with van der Waals surface area (Å²) in [6.07, 6.45) is 8.85. The number of aromatic nitrogens is 2. The van der Waals surface area contributed by atoms with Gasteiger partial charge in [-0.3, -0.25) is 4.68 Å². The average molecular weight is 251 g/mol. The Morgan fingerprint density at radius 2 is 2.28 bits per heavy atom. The molecule has 0 radical (unpaired) electrons. The minimum absolute atomic E-state index is 0.0984. The summed E-state index contributed by atoms with van der Waals surface area (Å²) in [5, 5.41) is 7.93. The molecule has 0 spiro atoms. The Morgan fingerprint density at radius 1 is 1.50 bits per heavy atom. The van der Waals surface area contributed by atoms with E-state index in [-0.39, 0.29) is 5.60 Å². The van der Waals surface area contributed by atoms with Gasteiger partial charge < -0.3 is 10.1 Å². The van der Waals surface area contributed by atoms with Crippen LogP contribution in [0.4, 0.5) is 0 Å². The van der Waals surface area contributed by atoms with Crippen LogP contribution in [0.2, 0.25) is 0 Å². The Balaban J connectivity index is 2.07. The second-order valence-corrected chi connectivity index (χ2v) is 5.18. The zero-order chi connectivity index (χ0) is 13.0. The minimum atomic E-state index is 0.0984. The van der Waals surface area contributed by atoms with Crippen LogP contribution in [0.25, 0.3) is 0 Å². The molecule has 4 heteroatoms. The van der Waals surface area contributed by atoms with Crippen LogP contribution >= 0.6 is 0 Å². The highest BCUT2D eigenvalue weighted by molar-refractivity contribution is 5.12. The lowest BCUT2D eigenvalue weighted by Crippen LogP contribution is -2.42. The maximum atomic E-state index is 5.74. The van der Waals surface area contributed by atoms with Crippen molar-refractivity contribution in [2.75, 3.05) is 13.7 Å². The highest BCUT2D eigenvalue weighted by Gasteiger charge is 2.39. The molecule has 102 valence electrons. The topological polar surface area (TPSA) is 39.1 Å². The van der Waals surface area contributed by atoms with Crippen LogP contribution in [0.1, 0.15) is 51.1 Å². The van der Waals surface area contributed by atoms with E-state index in [1.165, 1.54) is 24.8 Å². The molecule has 1 aliphatic rings. The van der Waals surface area contributed by atoms with Crippen molar-refractivity contribution in [3.05, 3.63) is 18.0 Å². The van der Waals surface area contributed by atoms with Crippen LogP contribution in [0.3, 0.4) is 0 Å². The van der Waals surface area contributed by atoms with Crippen molar-refractivity contribution in [3.8, 4) is 0 Å². The van der Waals surface area contributed by atoms with Crippen molar-refractivity contribution in [1.29, 1.82) is 0 Å². The predicted octanol–water partition coefficient (Wildman–Crippen LogP) is 2.51. The molecule has 18 heavy (non-hydrogen) atoms. The van der Waals surface area contributed by atoms with Gasteiger partial charge in [0.1, 0.15) is 0 Å². The zero-order valence-corrected chi connectivity index (χ0v) is 11.8. The van der Waals surface area contributed by atoms with Gasteiger partial charge in [0.25, 0.3) is 0 Å². The lowest BCUT2D eigenvalue weighted by molar-refractivity contribution is -0.0837. The van der Waals surface area contributed by atoms with Gasteiger partial charge in [0.2, 0.25) is 0 Å². The van der Waals surface area contributed by atoms with Crippen molar-refractivity contribution >= 4 is 0 Å². The Bertz CT molecular complexity index is 365. The van der Waals surface area contributed by atoms with E-state index < -0.39 is 0 Å². The van der Waals surface area contributed by atoms with Gasteiger partial charge in [0, 0.05) is 31.5 Å². The van der Waals surface area contributed by atoms with E-state index in [4.69, 9.17) is 4.74 Å². The third kappa shape index (κ3) is 2.75. The molecule has 0 amide bonds. The number of nitrogens with one attached hydrogen (secondary N) is 1. The van der Waals surface area contributed by atoms with Crippen molar-refractivity contribution < 1.29 is 4.74 Å². The van der Waals surface area contributed by atoms with Gasteiger partial charge in [-0.25, -0.2) is 0 Å². The lowest BCUT2D eigenvalue weighted by atomic mass is 9.75. The van der Waals surface area contributed by atoms with Crippen molar-refractivity contribution in [2.45, 2.75) is 57.7 Å². The predicted molar refractivity (Wildman–Crippen MR) is 72.5 cm³/mol. The number of methoxy groups -OCH3 is 1. The van der Waals surface area contributed by atoms with Crippen molar-refractivity contribution in [2.24, 2.45) is 0 Å². The molecule has 1 unspecified atom stereocenters. The van der Waals surface area contributed by atoms with E-state index in [9.17, 15) is 0 Å². The molecule has 1 atom stereocenters. The van der Waals surface area contributed by atoms with Gasteiger partial charge in [-0.15, -0.1) is 0 Å². The largest absolute Gasteiger partial charge is 0.378 e. The Kier molecular flexibility index (Phi) is 4.40. The van der Waals surface area contributed by atoms with E-state index in [2.05, 4.69) is 30.5 Å². The number of hydrogen-bond acceptors (Lipinski definition) is 3. The normalized spacial score (nSPS) is 19.5. The molecular formula is C14H25N3O. The standard InChI is InChI=1S/C14H25N3O/c1-4-15-13(9-14(18-3)7-6-8-14)12-10-16-17(5-2)11-12/h10-11,13,15H,4-9H2,1-3H3. The van der Waals surface area contributed by atoms with E-state index in [0.717, 1.165) is 19.5 Å². The number of ether oxygens (including phenoxy) is 1. The summed E-state index contributed by atoms with van der Waals surface area (Å²) >= 11 is 0. The number of hydrogen-bond donors (Lipinski definition) is 1. The van der Waals surface area contributed by atoms with Crippen LogP contribution in [0, 0.1) is 0 Å². The maximum Gasteiger partial charge on any atom is 0.0697 e.